The molecule has 1 unspecified atom stereocenters. The van der Waals surface area contributed by atoms with Gasteiger partial charge in [0.05, 0.1) is 5.92 Å². The van der Waals surface area contributed by atoms with Crippen LogP contribution in [0.4, 0.5) is 10.1 Å². The Labute approximate surface area is 159 Å². The van der Waals surface area contributed by atoms with Crippen molar-refractivity contribution in [2.75, 3.05) is 18.0 Å². The summed E-state index contributed by atoms with van der Waals surface area (Å²) in [5, 5.41) is 0. The summed E-state index contributed by atoms with van der Waals surface area (Å²) in [6.45, 7) is 1.99. The van der Waals surface area contributed by atoms with Crippen LogP contribution >= 0.6 is 0 Å². The number of amides is 2. The van der Waals surface area contributed by atoms with Gasteiger partial charge in [0.25, 0.3) is 0 Å². The molecule has 2 amide bonds. The summed E-state index contributed by atoms with van der Waals surface area (Å²) in [6, 6.07) is 5.26. The van der Waals surface area contributed by atoms with E-state index in [1.807, 2.05) is 4.90 Å². The van der Waals surface area contributed by atoms with Gasteiger partial charge in [0.2, 0.25) is 11.8 Å². The van der Waals surface area contributed by atoms with Crippen molar-refractivity contribution < 1.29 is 14.0 Å². The van der Waals surface area contributed by atoms with E-state index in [9.17, 15) is 14.0 Å². The van der Waals surface area contributed by atoms with E-state index in [-0.39, 0.29) is 24.2 Å². The lowest BCUT2D eigenvalue weighted by molar-refractivity contribution is -0.124. The fourth-order valence-corrected chi connectivity index (χ4v) is 5.17. The highest BCUT2D eigenvalue weighted by Crippen LogP contribution is 2.42. The molecule has 0 bridgehead atoms. The van der Waals surface area contributed by atoms with Gasteiger partial charge in [-0.3, -0.25) is 9.59 Å². The highest BCUT2D eigenvalue weighted by atomic mass is 19.1. The van der Waals surface area contributed by atoms with Gasteiger partial charge in [-0.15, -0.1) is 0 Å². The van der Waals surface area contributed by atoms with E-state index in [1.165, 1.54) is 44.2 Å². The number of primary amides is 1. The van der Waals surface area contributed by atoms with Crippen LogP contribution in [0.15, 0.2) is 18.2 Å². The third kappa shape index (κ3) is 3.59. The normalized spacial score (nSPS) is 25.0. The third-order valence-electron chi connectivity index (χ3n) is 6.52. The Bertz CT molecular complexity index is 724. The van der Waals surface area contributed by atoms with E-state index in [1.54, 1.807) is 6.07 Å². The van der Waals surface area contributed by atoms with Crippen LogP contribution in [0.25, 0.3) is 0 Å². The zero-order valence-electron chi connectivity index (χ0n) is 15.7. The van der Waals surface area contributed by atoms with Gasteiger partial charge in [0.1, 0.15) is 5.82 Å². The number of carbonyl (C=O) groups excluding carboxylic acids is 2. The van der Waals surface area contributed by atoms with Crippen molar-refractivity contribution >= 4 is 17.5 Å². The summed E-state index contributed by atoms with van der Waals surface area (Å²) in [6.07, 6.45) is 8.35. The second-order valence-electron chi connectivity index (χ2n) is 8.19. The van der Waals surface area contributed by atoms with E-state index >= 15 is 0 Å². The van der Waals surface area contributed by atoms with E-state index in [0.717, 1.165) is 31.6 Å². The van der Waals surface area contributed by atoms with Crippen LogP contribution in [0.2, 0.25) is 0 Å². The minimum absolute atomic E-state index is 0.0628. The molecule has 2 heterocycles. The highest BCUT2D eigenvalue weighted by Gasteiger charge is 2.42. The van der Waals surface area contributed by atoms with E-state index in [0.29, 0.717) is 11.6 Å². The maximum atomic E-state index is 13.8. The van der Waals surface area contributed by atoms with Gasteiger partial charge in [-0.2, -0.15) is 0 Å². The number of rotatable bonds is 4. The molecule has 27 heavy (non-hydrogen) atoms. The fraction of sp³-hybridized carbons (Fsp3) is 0.619. The zero-order valence-corrected chi connectivity index (χ0v) is 15.7. The van der Waals surface area contributed by atoms with Crippen LogP contribution in [-0.4, -0.2) is 41.9 Å². The van der Waals surface area contributed by atoms with Crippen LogP contribution in [0.5, 0.6) is 0 Å². The second-order valence-corrected chi connectivity index (χ2v) is 8.19. The molecule has 6 heteroatoms. The van der Waals surface area contributed by atoms with Gasteiger partial charge < -0.3 is 15.5 Å². The summed E-state index contributed by atoms with van der Waals surface area (Å²) < 4.78 is 13.8. The minimum atomic E-state index is -0.649. The van der Waals surface area contributed by atoms with Crippen molar-refractivity contribution in [3.05, 3.63) is 29.6 Å². The molecule has 2 aliphatic heterocycles. The number of likely N-dealkylation sites (tertiary alicyclic amines) is 1. The Morgan fingerprint density at radius 2 is 1.78 bits per heavy atom. The average molecular weight is 373 g/mol. The van der Waals surface area contributed by atoms with Crippen LogP contribution in [0, 0.1) is 5.82 Å². The fourth-order valence-electron chi connectivity index (χ4n) is 5.17. The standard InChI is InChI=1S/C21H28FN3O2/c22-14-6-7-19-17(12-14)18(13-20(23)26)21(27)25(19)16-8-10-24(11-9-16)15-4-2-1-3-5-15/h6-7,12,15-16,18H,1-5,8-11,13H2,(H2,23,26). The Balaban J connectivity index is 1.50. The monoisotopic (exact) mass is 373 g/mol. The molecule has 2 fully saturated rings. The van der Waals surface area contributed by atoms with Gasteiger partial charge in [-0.05, 0) is 49.4 Å². The first kappa shape index (κ1) is 18.4. The molecular weight excluding hydrogens is 345 g/mol. The van der Waals surface area contributed by atoms with Crippen LogP contribution < -0.4 is 10.6 Å². The number of fused-ring (bicyclic) bond motifs is 1. The molecule has 1 saturated carbocycles. The predicted molar refractivity (Wildman–Crippen MR) is 102 cm³/mol. The summed E-state index contributed by atoms with van der Waals surface area (Å²) in [5.41, 5.74) is 6.70. The summed E-state index contributed by atoms with van der Waals surface area (Å²) in [5.74, 6) is -1.67. The Morgan fingerprint density at radius 3 is 2.44 bits per heavy atom. The van der Waals surface area contributed by atoms with Crippen molar-refractivity contribution in [3.63, 3.8) is 0 Å². The average Bonchev–Trinajstić information content (AvgIpc) is 2.93. The van der Waals surface area contributed by atoms with Gasteiger partial charge in [0, 0.05) is 37.3 Å². The van der Waals surface area contributed by atoms with Crippen molar-refractivity contribution in [2.24, 2.45) is 5.73 Å². The van der Waals surface area contributed by atoms with Crippen molar-refractivity contribution in [1.29, 1.82) is 0 Å². The third-order valence-corrected chi connectivity index (χ3v) is 6.52. The Kier molecular flexibility index (Phi) is 5.17. The number of anilines is 1. The lowest BCUT2D eigenvalue weighted by Gasteiger charge is -2.41. The molecule has 0 radical (unpaired) electrons. The predicted octanol–water partition coefficient (Wildman–Crippen LogP) is 2.93. The molecular formula is C21H28FN3O2. The zero-order chi connectivity index (χ0) is 19.0. The number of carbonyl (C=O) groups is 2. The number of piperidine rings is 1. The largest absolute Gasteiger partial charge is 0.370 e. The Morgan fingerprint density at radius 1 is 1.07 bits per heavy atom. The molecule has 5 nitrogen and oxygen atoms in total. The van der Waals surface area contributed by atoms with Gasteiger partial charge >= 0.3 is 0 Å². The number of benzene rings is 1. The van der Waals surface area contributed by atoms with Gasteiger partial charge in [0.15, 0.2) is 0 Å². The first-order valence-corrected chi connectivity index (χ1v) is 10.2. The summed E-state index contributed by atoms with van der Waals surface area (Å²) in [7, 11) is 0. The molecule has 3 aliphatic rings. The lowest BCUT2D eigenvalue weighted by atomic mass is 9.91. The molecule has 1 atom stereocenters. The SMILES string of the molecule is NC(=O)CC1C(=O)N(C2CCN(C3CCCCC3)CC2)c2ccc(F)cc21. The van der Waals surface area contributed by atoms with Crippen molar-refractivity contribution in [1.82, 2.24) is 4.90 Å². The number of halogens is 1. The first-order valence-electron chi connectivity index (χ1n) is 10.2. The summed E-state index contributed by atoms with van der Waals surface area (Å²) in [4.78, 5) is 28.9. The van der Waals surface area contributed by atoms with Crippen molar-refractivity contribution in [2.45, 2.75) is 69.4 Å². The molecule has 1 aromatic rings. The Hall–Kier alpha value is -1.95. The number of hydrogen-bond donors (Lipinski definition) is 1. The highest BCUT2D eigenvalue weighted by molar-refractivity contribution is 6.07. The van der Waals surface area contributed by atoms with Crippen LogP contribution in [0.1, 0.15) is 62.8 Å². The van der Waals surface area contributed by atoms with Crippen molar-refractivity contribution in [3.8, 4) is 0 Å². The quantitative estimate of drug-likeness (QED) is 0.882. The second kappa shape index (κ2) is 7.58. The molecule has 1 saturated heterocycles. The van der Waals surface area contributed by atoms with E-state index < -0.39 is 11.8 Å². The molecule has 0 aromatic heterocycles. The number of nitrogens with zero attached hydrogens (tertiary/aromatic N) is 2. The smallest absolute Gasteiger partial charge is 0.235 e. The first-order chi connectivity index (χ1) is 13.0. The van der Waals surface area contributed by atoms with Gasteiger partial charge in [-0.25, -0.2) is 4.39 Å². The maximum absolute atomic E-state index is 13.8. The molecule has 4 rings (SSSR count). The molecule has 146 valence electrons. The molecule has 0 spiro atoms. The van der Waals surface area contributed by atoms with E-state index in [4.69, 9.17) is 5.73 Å². The molecule has 1 aliphatic carbocycles. The molecule has 1 aromatic carbocycles. The minimum Gasteiger partial charge on any atom is -0.370 e. The van der Waals surface area contributed by atoms with Crippen LogP contribution in [0.3, 0.4) is 0 Å². The van der Waals surface area contributed by atoms with E-state index in [2.05, 4.69) is 4.90 Å². The number of hydrogen-bond acceptors (Lipinski definition) is 3. The molecule has 2 N–H and O–H groups in total. The maximum Gasteiger partial charge on any atom is 0.235 e. The topological polar surface area (TPSA) is 66.6 Å². The summed E-state index contributed by atoms with van der Waals surface area (Å²) >= 11 is 0. The van der Waals surface area contributed by atoms with Gasteiger partial charge in [-0.1, -0.05) is 19.3 Å². The van der Waals surface area contributed by atoms with Crippen LogP contribution in [-0.2, 0) is 9.59 Å². The lowest BCUT2D eigenvalue weighted by Crippen LogP contribution is -2.49. The number of nitrogens with two attached hydrogens (primary N) is 1.